The van der Waals surface area contributed by atoms with E-state index in [0.29, 0.717) is 43.3 Å². The SMILES string of the molecule is COCCOCCOCCOc1cc(CNC(=O)c2ccn(C)c(=O)c2O)cc(CNC(=O)c2ccn(C)c(=O)c2O)c1. The molecular formula is C29H36N4O10. The van der Waals surface area contributed by atoms with Gasteiger partial charge in [0, 0.05) is 46.7 Å². The van der Waals surface area contributed by atoms with E-state index in [1.807, 2.05) is 0 Å². The van der Waals surface area contributed by atoms with Crippen LogP contribution in [0.25, 0.3) is 0 Å². The molecular weight excluding hydrogens is 564 g/mol. The Bertz CT molecular complexity index is 1430. The highest BCUT2D eigenvalue weighted by Gasteiger charge is 2.17. The fraction of sp³-hybridized carbons (Fsp3) is 0.379. The summed E-state index contributed by atoms with van der Waals surface area (Å²) in [7, 11) is 4.50. The number of aromatic nitrogens is 2. The third-order valence-corrected chi connectivity index (χ3v) is 6.21. The van der Waals surface area contributed by atoms with Crippen LogP contribution in [0.2, 0.25) is 0 Å². The standard InChI is InChI=1S/C29H36N4O10/c1-32-6-4-22(24(34)28(32)38)26(36)30-17-19-14-20(18-31-27(37)23-5-7-33(2)29(39)25(23)35)16-21(15-19)43-13-12-42-11-10-41-9-8-40-3/h4-7,14-16,34-35H,8-13,17-18H2,1-3H3,(H,30,36)(H,31,37). The topological polar surface area (TPSA) is 180 Å². The van der Waals surface area contributed by atoms with E-state index < -0.39 is 34.4 Å². The number of benzene rings is 1. The Hall–Kier alpha value is -4.66. The van der Waals surface area contributed by atoms with Crippen LogP contribution in [0, 0.1) is 0 Å². The van der Waals surface area contributed by atoms with Gasteiger partial charge in [0.15, 0.2) is 11.5 Å². The van der Waals surface area contributed by atoms with Crippen molar-refractivity contribution in [2.75, 3.05) is 46.8 Å². The van der Waals surface area contributed by atoms with E-state index in [9.17, 15) is 29.4 Å². The second kappa shape index (κ2) is 16.1. The van der Waals surface area contributed by atoms with Gasteiger partial charge >= 0.3 is 0 Å². The Balaban J connectivity index is 1.68. The van der Waals surface area contributed by atoms with Crippen LogP contribution in [-0.4, -0.2) is 77.9 Å². The number of hydrogen-bond donors (Lipinski definition) is 4. The fourth-order valence-electron chi connectivity index (χ4n) is 3.85. The van der Waals surface area contributed by atoms with Crippen molar-refractivity contribution in [2.45, 2.75) is 13.1 Å². The number of aryl methyl sites for hydroxylation is 2. The van der Waals surface area contributed by atoms with Crippen LogP contribution in [0.5, 0.6) is 17.2 Å². The average Bonchev–Trinajstić information content (AvgIpc) is 2.99. The van der Waals surface area contributed by atoms with Crippen molar-refractivity contribution in [2.24, 2.45) is 14.1 Å². The lowest BCUT2D eigenvalue weighted by Crippen LogP contribution is -2.27. The molecule has 14 nitrogen and oxygen atoms in total. The zero-order valence-electron chi connectivity index (χ0n) is 24.3. The number of pyridine rings is 2. The maximum Gasteiger partial charge on any atom is 0.293 e. The molecule has 0 aliphatic carbocycles. The lowest BCUT2D eigenvalue weighted by molar-refractivity contribution is 0.0179. The van der Waals surface area contributed by atoms with E-state index >= 15 is 0 Å². The molecule has 2 aromatic heterocycles. The van der Waals surface area contributed by atoms with Gasteiger partial charge in [-0.05, 0) is 35.4 Å². The number of rotatable bonds is 16. The zero-order valence-corrected chi connectivity index (χ0v) is 24.3. The van der Waals surface area contributed by atoms with E-state index in [2.05, 4.69) is 10.6 Å². The highest BCUT2D eigenvalue weighted by Crippen LogP contribution is 2.19. The Kier molecular flexibility index (Phi) is 12.3. The van der Waals surface area contributed by atoms with E-state index in [1.54, 1.807) is 25.3 Å². The number of nitrogens with zero attached hydrogens (tertiary/aromatic N) is 2. The molecule has 0 unspecified atom stereocenters. The summed E-state index contributed by atoms with van der Waals surface area (Å²) in [6.45, 7) is 2.27. The number of amides is 2. The van der Waals surface area contributed by atoms with Gasteiger partial charge in [-0.1, -0.05) is 6.07 Å². The number of carbonyl (C=O) groups is 2. The molecule has 0 fully saturated rings. The van der Waals surface area contributed by atoms with Gasteiger partial charge in [-0.2, -0.15) is 0 Å². The second-order valence-electron chi connectivity index (χ2n) is 9.40. The van der Waals surface area contributed by atoms with E-state index in [-0.39, 0.29) is 37.4 Å². The molecule has 1 aromatic carbocycles. The van der Waals surface area contributed by atoms with Crippen LogP contribution >= 0.6 is 0 Å². The third kappa shape index (κ3) is 9.43. The molecule has 3 rings (SSSR count). The van der Waals surface area contributed by atoms with Gasteiger partial charge in [-0.3, -0.25) is 19.2 Å². The summed E-state index contributed by atoms with van der Waals surface area (Å²) in [6.07, 6.45) is 2.75. The van der Waals surface area contributed by atoms with Crippen LogP contribution in [0.3, 0.4) is 0 Å². The predicted molar refractivity (Wildman–Crippen MR) is 154 cm³/mol. The number of nitrogens with one attached hydrogen (secondary N) is 2. The van der Waals surface area contributed by atoms with Gasteiger partial charge in [-0.25, -0.2) is 0 Å². The Morgan fingerprint density at radius 1 is 0.721 bits per heavy atom. The Morgan fingerprint density at radius 2 is 1.16 bits per heavy atom. The summed E-state index contributed by atoms with van der Waals surface area (Å²) in [5, 5.41) is 25.5. The van der Waals surface area contributed by atoms with Crippen LogP contribution in [0.4, 0.5) is 0 Å². The molecule has 14 heteroatoms. The molecule has 232 valence electrons. The number of carbonyl (C=O) groups excluding carboxylic acids is 2. The van der Waals surface area contributed by atoms with Gasteiger partial charge in [-0.15, -0.1) is 0 Å². The number of aromatic hydroxyl groups is 2. The molecule has 0 bridgehead atoms. The van der Waals surface area contributed by atoms with Gasteiger partial charge in [0.1, 0.15) is 12.4 Å². The minimum absolute atomic E-state index is 0.0104. The third-order valence-electron chi connectivity index (χ3n) is 6.21. The van der Waals surface area contributed by atoms with Crippen LogP contribution < -0.4 is 26.5 Å². The molecule has 0 aliphatic heterocycles. The minimum atomic E-state index is -0.702. The summed E-state index contributed by atoms with van der Waals surface area (Å²) >= 11 is 0. The summed E-state index contributed by atoms with van der Waals surface area (Å²) < 4.78 is 23.9. The fourth-order valence-corrected chi connectivity index (χ4v) is 3.85. The normalized spacial score (nSPS) is 10.9. The summed E-state index contributed by atoms with van der Waals surface area (Å²) in [4.78, 5) is 49.4. The van der Waals surface area contributed by atoms with Gasteiger partial charge in [0.2, 0.25) is 0 Å². The Labute approximate surface area is 247 Å². The summed E-state index contributed by atoms with van der Waals surface area (Å²) in [5.74, 6) is -2.20. The van der Waals surface area contributed by atoms with Gasteiger partial charge in [0.25, 0.3) is 22.9 Å². The molecule has 4 N–H and O–H groups in total. The molecule has 0 radical (unpaired) electrons. The van der Waals surface area contributed by atoms with E-state index in [1.165, 1.54) is 38.6 Å². The smallest absolute Gasteiger partial charge is 0.293 e. The number of ether oxygens (including phenoxy) is 4. The van der Waals surface area contributed by atoms with Crippen molar-refractivity contribution in [1.82, 2.24) is 19.8 Å². The molecule has 0 atom stereocenters. The highest BCUT2D eigenvalue weighted by molar-refractivity contribution is 5.97. The lowest BCUT2D eigenvalue weighted by Gasteiger charge is -2.14. The minimum Gasteiger partial charge on any atom is -0.502 e. The van der Waals surface area contributed by atoms with Crippen molar-refractivity contribution in [3.8, 4) is 17.2 Å². The summed E-state index contributed by atoms with van der Waals surface area (Å²) in [6, 6.07) is 7.77. The van der Waals surface area contributed by atoms with Crippen molar-refractivity contribution in [3.63, 3.8) is 0 Å². The first kappa shape index (κ1) is 32.8. The quantitative estimate of drug-likeness (QED) is 0.168. The maximum absolute atomic E-state index is 12.7. The largest absolute Gasteiger partial charge is 0.502 e. The molecule has 0 spiro atoms. The molecule has 0 saturated carbocycles. The van der Waals surface area contributed by atoms with Crippen LogP contribution in [0.1, 0.15) is 31.8 Å². The monoisotopic (exact) mass is 600 g/mol. The zero-order chi connectivity index (χ0) is 31.4. The van der Waals surface area contributed by atoms with Crippen LogP contribution in [0.15, 0.2) is 52.3 Å². The predicted octanol–water partition coefficient (Wildman–Crippen LogP) is 0.414. The molecule has 0 aliphatic rings. The van der Waals surface area contributed by atoms with E-state index in [0.717, 1.165) is 9.13 Å². The summed E-state index contributed by atoms with van der Waals surface area (Å²) in [5.41, 5.74) is -0.538. The van der Waals surface area contributed by atoms with Gasteiger partial charge < -0.3 is 48.9 Å². The second-order valence-corrected chi connectivity index (χ2v) is 9.40. The van der Waals surface area contributed by atoms with Crippen LogP contribution in [-0.2, 0) is 41.4 Å². The lowest BCUT2D eigenvalue weighted by atomic mass is 10.1. The molecule has 2 amide bonds. The first-order chi connectivity index (χ1) is 20.6. The maximum atomic E-state index is 12.7. The average molecular weight is 601 g/mol. The van der Waals surface area contributed by atoms with Crippen molar-refractivity contribution < 1.29 is 38.7 Å². The number of methoxy groups -OCH3 is 1. The van der Waals surface area contributed by atoms with Gasteiger partial charge in [0.05, 0.1) is 44.2 Å². The molecule has 2 heterocycles. The van der Waals surface area contributed by atoms with Crippen molar-refractivity contribution >= 4 is 11.8 Å². The molecule has 3 aromatic rings. The van der Waals surface area contributed by atoms with E-state index in [4.69, 9.17) is 18.9 Å². The Morgan fingerprint density at radius 3 is 1.63 bits per heavy atom. The first-order valence-corrected chi connectivity index (χ1v) is 13.4. The first-order valence-electron chi connectivity index (χ1n) is 13.4. The molecule has 0 saturated heterocycles. The van der Waals surface area contributed by atoms with Crippen molar-refractivity contribution in [3.05, 3.63) is 85.7 Å². The van der Waals surface area contributed by atoms with Crippen molar-refractivity contribution in [1.29, 1.82) is 0 Å². The molecule has 43 heavy (non-hydrogen) atoms. The highest BCUT2D eigenvalue weighted by atomic mass is 16.6. The number of hydrogen-bond acceptors (Lipinski definition) is 10.